The summed E-state index contributed by atoms with van der Waals surface area (Å²) in [4.78, 5) is 31.1. The third-order valence-electron chi connectivity index (χ3n) is 5.14. The minimum Gasteiger partial charge on any atom is -0.462 e. The summed E-state index contributed by atoms with van der Waals surface area (Å²) in [5.41, 5.74) is 3.73. The Bertz CT molecular complexity index is 1080. The third kappa shape index (κ3) is 3.81. The van der Waals surface area contributed by atoms with Crippen LogP contribution in [0, 0.1) is 6.92 Å². The minimum atomic E-state index is -0.338. The van der Waals surface area contributed by atoms with Gasteiger partial charge in [-0.15, -0.1) is 23.1 Å². The summed E-state index contributed by atoms with van der Waals surface area (Å²) in [6, 6.07) is 8.10. The number of esters is 1. The van der Waals surface area contributed by atoms with E-state index in [0.29, 0.717) is 17.2 Å². The van der Waals surface area contributed by atoms with E-state index in [-0.39, 0.29) is 17.1 Å². The molecule has 0 saturated heterocycles. The number of carbonyl (C=O) groups excluding carboxylic acids is 2. The molecule has 29 heavy (non-hydrogen) atoms. The zero-order valence-corrected chi connectivity index (χ0v) is 18.4. The highest BCUT2D eigenvalue weighted by Gasteiger charge is 2.29. The summed E-state index contributed by atoms with van der Waals surface area (Å²) in [5, 5.41) is 4.45. The maximum Gasteiger partial charge on any atom is 0.341 e. The van der Waals surface area contributed by atoms with Crippen LogP contribution >= 0.6 is 23.1 Å². The Balaban J connectivity index is 1.55. The molecule has 2 N–H and O–H groups in total. The highest BCUT2D eigenvalue weighted by molar-refractivity contribution is 8.00. The normalized spacial score (nSPS) is 14.0. The van der Waals surface area contributed by atoms with Crippen molar-refractivity contribution in [3.8, 4) is 0 Å². The number of aromatic nitrogens is 1. The molecule has 1 atom stereocenters. The second-order valence-corrected chi connectivity index (χ2v) is 9.61. The largest absolute Gasteiger partial charge is 0.462 e. The Morgan fingerprint density at radius 1 is 1.31 bits per heavy atom. The van der Waals surface area contributed by atoms with Gasteiger partial charge < -0.3 is 15.0 Å². The Labute approximate surface area is 178 Å². The lowest BCUT2D eigenvalue weighted by molar-refractivity contribution is -0.115. The van der Waals surface area contributed by atoms with Crippen LogP contribution in [-0.2, 0) is 22.4 Å². The first kappa shape index (κ1) is 20.0. The van der Waals surface area contributed by atoms with Crippen molar-refractivity contribution in [1.29, 1.82) is 0 Å². The summed E-state index contributed by atoms with van der Waals surface area (Å²) in [6.07, 6.45) is 2.88. The number of H-pyrrole nitrogens is 1. The molecule has 152 valence electrons. The molecule has 2 aromatic heterocycles. The van der Waals surface area contributed by atoms with E-state index in [1.165, 1.54) is 28.0 Å². The van der Waals surface area contributed by atoms with Crippen molar-refractivity contribution >= 4 is 50.9 Å². The number of aromatic amines is 1. The molecular formula is C22H24N2O3S2. The van der Waals surface area contributed by atoms with Crippen molar-refractivity contribution in [2.45, 2.75) is 50.2 Å². The molecule has 1 aromatic carbocycles. The maximum absolute atomic E-state index is 13.0. The average molecular weight is 429 g/mol. The molecule has 1 aliphatic rings. The van der Waals surface area contributed by atoms with Gasteiger partial charge in [-0.05, 0) is 51.7 Å². The van der Waals surface area contributed by atoms with E-state index in [2.05, 4.69) is 16.4 Å². The number of hydrogen-bond acceptors (Lipinski definition) is 5. The number of ether oxygens (including phenoxy) is 1. The van der Waals surface area contributed by atoms with Gasteiger partial charge in [-0.1, -0.05) is 18.2 Å². The zero-order chi connectivity index (χ0) is 20.5. The Morgan fingerprint density at radius 3 is 2.90 bits per heavy atom. The summed E-state index contributed by atoms with van der Waals surface area (Å²) in [5.74, 6) is -0.444. The Morgan fingerprint density at radius 2 is 2.10 bits per heavy atom. The van der Waals surface area contributed by atoms with Crippen molar-refractivity contribution in [1.82, 2.24) is 4.98 Å². The topological polar surface area (TPSA) is 71.2 Å². The fraction of sp³-hybridized carbons (Fsp3) is 0.364. The van der Waals surface area contributed by atoms with Crippen molar-refractivity contribution in [3.05, 3.63) is 46.0 Å². The van der Waals surface area contributed by atoms with Crippen LogP contribution in [0.4, 0.5) is 5.00 Å². The SMILES string of the molecule is CCOC(=O)c1c(NC(=O)[C@H](C)Sc2c(C)[nH]c3ccccc23)sc2c1CCC2. The summed E-state index contributed by atoms with van der Waals surface area (Å²) in [6.45, 7) is 6.04. The molecule has 1 amide bonds. The second kappa shape index (κ2) is 8.24. The lowest BCUT2D eigenvalue weighted by Crippen LogP contribution is -2.23. The van der Waals surface area contributed by atoms with Crippen LogP contribution in [0.15, 0.2) is 29.2 Å². The van der Waals surface area contributed by atoms with Crippen molar-refractivity contribution in [3.63, 3.8) is 0 Å². The smallest absolute Gasteiger partial charge is 0.341 e. The van der Waals surface area contributed by atoms with Crippen LogP contribution in [0.3, 0.4) is 0 Å². The monoisotopic (exact) mass is 428 g/mol. The lowest BCUT2D eigenvalue weighted by Gasteiger charge is -2.13. The third-order valence-corrected chi connectivity index (χ3v) is 7.67. The number of para-hydroxylation sites is 1. The van der Waals surface area contributed by atoms with Crippen LogP contribution < -0.4 is 5.32 Å². The van der Waals surface area contributed by atoms with Gasteiger partial charge in [-0.3, -0.25) is 4.79 Å². The van der Waals surface area contributed by atoms with E-state index < -0.39 is 0 Å². The number of fused-ring (bicyclic) bond motifs is 2. The number of hydrogen-bond donors (Lipinski definition) is 2. The van der Waals surface area contributed by atoms with Crippen LogP contribution in [0.25, 0.3) is 10.9 Å². The molecule has 0 fully saturated rings. The van der Waals surface area contributed by atoms with E-state index in [0.717, 1.165) is 46.3 Å². The molecule has 5 nitrogen and oxygen atoms in total. The molecule has 0 spiro atoms. The van der Waals surface area contributed by atoms with E-state index in [1.54, 1.807) is 6.92 Å². The van der Waals surface area contributed by atoms with E-state index in [1.807, 2.05) is 32.0 Å². The molecule has 0 radical (unpaired) electrons. The quantitative estimate of drug-likeness (QED) is 0.412. The summed E-state index contributed by atoms with van der Waals surface area (Å²) < 4.78 is 5.25. The molecule has 0 aliphatic heterocycles. The van der Waals surface area contributed by atoms with Gasteiger partial charge >= 0.3 is 5.97 Å². The molecule has 0 unspecified atom stereocenters. The zero-order valence-electron chi connectivity index (χ0n) is 16.8. The number of nitrogens with one attached hydrogen (secondary N) is 2. The standard InChI is InChI=1S/C22H24N2O3S2/c1-4-27-22(26)18-15-9-7-11-17(15)29-21(18)24-20(25)13(3)28-19-12(2)23-16-10-6-5-8-14(16)19/h5-6,8,10,13,23H,4,7,9,11H2,1-3H3,(H,24,25)/t13-/m0/s1. The van der Waals surface area contributed by atoms with Crippen LogP contribution in [-0.4, -0.2) is 28.7 Å². The molecule has 0 saturated carbocycles. The first-order valence-corrected chi connectivity index (χ1v) is 11.6. The van der Waals surface area contributed by atoms with Crippen LogP contribution in [0.1, 0.15) is 46.8 Å². The molecule has 2 heterocycles. The van der Waals surface area contributed by atoms with Gasteiger partial charge in [0, 0.05) is 26.4 Å². The number of thiophene rings is 1. The number of rotatable bonds is 6. The van der Waals surface area contributed by atoms with Gasteiger partial charge in [0.2, 0.25) is 5.91 Å². The number of anilines is 1. The van der Waals surface area contributed by atoms with Crippen LogP contribution in [0.2, 0.25) is 0 Å². The highest BCUT2D eigenvalue weighted by atomic mass is 32.2. The molecule has 7 heteroatoms. The number of aryl methyl sites for hydroxylation is 2. The van der Waals surface area contributed by atoms with Gasteiger partial charge in [0.15, 0.2) is 0 Å². The number of amides is 1. The maximum atomic E-state index is 13.0. The summed E-state index contributed by atoms with van der Waals surface area (Å²) in [7, 11) is 0. The van der Waals surface area contributed by atoms with Gasteiger partial charge in [0.1, 0.15) is 5.00 Å². The molecular weight excluding hydrogens is 404 g/mol. The molecule has 0 bridgehead atoms. The van der Waals surface area contributed by atoms with Gasteiger partial charge in [-0.25, -0.2) is 4.79 Å². The Kier molecular flexibility index (Phi) is 5.69. The average Bonchev–Trinajstić information content (AvgIpc) is 3.35. The lowest BCUT2D eigenvalue weighted by atomic mass is 10.1. The van der Waals surface area contributed by atoms with Crippen molar-refractivity contribution < 1.29 is 14.3 Å². The van der Waals surface area contributed by atoms with E-state index >= 15 is 0 Å². The van der Waals surface area contributed by atoms with Gasteiger partial charge in [-0.2, -0.15) is 0 Å². The van der Waals surface area contributed by atoms with Gasteiger partial charge in [0.05, 0.1) is 17.4 Å². The number of carbonyl (C=O) groups is 2. The predicted octanol–water partition coefficient (Wildman–Crippen LogP) is 5.32. The minimum absolute atomic E-state index is 0.106. The van der Waals surface area contributed by atoms with E-state index in [9.17, 15) is 9.59 Å². The number of thioether (sulfide) groups is 1. The summed E-state index contributed by atoms with van der Waals surface area (Å²) >= 11 is 3.05. The van der Waals surface area contributed by atoms with E-state index in [4.69, 9.17) is 4.74 Å². The first-order chi connectivity index (χ1) is 14.0. The predicted molar refractivity (Wildman–Crippen MR) is 119 cm³/mol. The molecule has 3 aromatic rings. The highest BCUT2D eigenvalue weighted by Crippen LogP contribution is 2.40. The second-order valence-electron chi connectivity index (χ2n) is 7.16. The molecule has 1 aliphatic carbocycles. The molecule has 4 rings (SSSR count). The van der Waals surface area contributed by atoms with Crippen LogP contribution in [0.5, 0.6) is 0 Å². The number of benzene rings is 1. The fourth-order valence-electron chi connectivity index (χ4n) is 3.76. The Hall–Kier alpha value is -2.25. The first-order valence-electron chi connectivity index (χ1n) is 9.86. The van der Waals surface area contributed by atoms with Crippen molar-refractivity contribution in [2.24, 2.45) is 0 Å². The van der Waals surface area contributed by atoms with Gasteiger partial charge in [0.25, 0.3) is 0 Å². The van der Waals surface area contributed by atoms with Crippen molar-refractivity contribution in [2.75, 3.05) is 11.9 Å². The fourth-order valence-corrected chi connectivity index (χ4v) is 6.09.